The Morgan fingerprint density at radius 3 is 2.89 bits per heavy atom. The minimum absolute atomic E-state index is 0.287. The summed E-state index contributed by atoms with van der Waals surface area (Å²) in [5.74, 6) is 0.657. The van der Waals surface area contributed by atoms with Gasteiger partial charge in [0, 0.05) is 29.9 Å². The van der Waals surface area contributed by atoms with E-state index in [-0.39, 0.29) is 11.5 Å². The van der Waals surface area contributed by atoms with Crippen molar-refractivity contribution in [1.82, 2.24) is 4.90 Å². The first-order chi connectivity index (χ1) is 13.6. The minimum Gasteiger partial charge on any atom is -0.493 e. The molecule has 28 heavy (non-hydrogen) atoms. The van der Waals surface area contributed by atoms with Crippen LogP contribution in [0.15, 0.2) is 48.7 Å². The van der Waals surface area contributed by atoms with Crippen LogP contribution in [0.5, 0.6) is 5.75 Å². The van der Waals surface area contributed by atoms with Gasteiger partial charge in [0.05, 0.1) is 17.9 Å². The lowest BCUT2D eigenvalue weighted by Crippen LogP contribution is -2.34. The summed E-state index contributed by atoms with van der Waals surface area (Å²) in [7, 11) is 2.15. The SMILES string of the molecule is CN1CCCC(COc2ccc(NC=C3C(=O)Nc4cccc(F)c43)cc2)C1. The van der Waals surface area contributed by atoms with Crippen molar-refractivity contribution >= 4 is 22.9 Å². The van der Waals surface area contributed by atoms with Gasteiger partial charge in [0.15, 0.2) is 0 Å². The standard InChI is InChI=1S/C22H24FN3O2/c1-26-11-3-4-15(13-26)14-28-17-9-7-16(8-10-17)24-12-18-21-19(23)5-2-6-20(21)25-22(18)27/h2,5-10,12,15,24H,3-4,11,13-14H2,1H3,(H,25,27). The number of carbonyl (C=O) groups is 1. The number of ether oxygens (including phenoxy) is 1. The zero-order valence-corrected chi connectivity index (χ0v) is 15.9. The summed E-state index contributed by atoms with van der Waals surface area (Å²) in [5.41, 5.74) is 1.89. The van der Waals surface area contributed by atoms with Gasteiger partial charge in [0.1, 0.15) is 11.6 Å². The first kappa shape index (κ1) is 18.5. The van der Waals surface area contributed by atoms with Crippen molar-refractivity contribution in [3.63, 3.8) is 0 Å². The van der Waals surface area contributed by atoms with Gasteiger partial charge >= 0.3 is 0 Å². The zero-order chi connectivity index (χ0) is 19.5. The smallest absolute Gasteiger partial charge is 0.257 e. The van der Waals surface area contributed by atoms with E-state index in [1.807, 2.05) is 24.3 Å². The molecular weight excluding hydrogens is 357 g/mol. The van der Waals surface area contributed by atoms with Gasteiger partial charge in [-0.1, -0.05) is 6.07 Å². The van der Waals surface area contributed by atoms with E-state index < -0.39 is 5.82 Å². The van der Waals surface area contributed by atoms with Crippen LogP contribution in [0.2, 0.25) is 0 Å². The summed E-state index contributed by atoms with van der Waals surface area (Å²) in [5, 5.41) is 5.75. The van der Waals surface area contributed by atoms with Crippen LogP contribution in [-0.2, 0) is 4.79 Å². The molecule has 1 saturated heterocycles. The molecule has 5 nitrogen and oxygen atoms in total. The number of likely N-dealkylation sites (tertiary alicyclic amines) is 1. The molecule has 2 heterocycles. The van der Waals surface area contributed by atoms with Crippen LogP contribution in [0.4, 0.5) is 15.8 Å². The number of nitrogens with zero attached hydrogens (tertiary/aromatic N) is 1. The Kier molecular flexibility index (Phi) is 5.30. The molecule has 4 rings (SSSR count). The Morgan fingerprint density at radius 1 is 1.29 bits per heavy atom. The highest BCUT2D eigenvalue weighted by Gasteiger charge is 2.27. The fourth-order valence-electron chi connectivity index (χ4n) is 3.77. The average Bonchev–Trinajstić information content (AvgIpc) is 3.02. The number of hydrogen-bond acceptors (Lipinski definition) is 4. The maximum absolute atomic E-state index is 14.1. The Labute approximate surface area is 164 Å². The molecule has 2 aromatic carbocycles. The van der Waals surface area contributed by atoms with Gasteiger partial charge in [-0.25, -0.2) is 4.39 Å². The topological polar surface area (TPSA) is 53.6 Å². The largest absolute Gasteiger partial charge is 0.493 e. The highest BCUT2D eigenvalue weighted by Crippen LogP contribution is 2.33. The van der Waals surface area contributed by atoms with E-state index in [0.717, 1.165) is 24.6 Å². The highest BCUT2D eigenvalue weighted by molar-refractivity contribution is 6.31. The van der Waals surface area contributed by atoms with E-state index in [1.54, 1.807) is 12.1 Å². The summed E-state index contributed by atoms with van der Waals surface area (Å²) in [6, 6.07) is 12.2. The average molecular weight is 381 g/mol. The third kappa shape index (κ3) is 4.02. The molecule has 1 amide bonds. The van der Waals surface area contributed by atoms with Gasteiger partial charge < -0.3 is 20.3 Å². The Balaban J connectivity index is 1.38. The van der Waals surface area contributed by atoms with Crippen molar-refractivity contribution < 1.29 is 13.9 Å². The molecule has 0 radical (unpaired) electrons. The molecule has 1 atom stereocenters. The summed E-state index contributed by atoms with van der Waals surface area (Å²) >= 11 is 0. The van der Waals surface area contributed by atoms with Crippen molar-refractivity contribution in [2.45, 2.75) is 12.8 Å². The lowest BCUT2D eigenvalue weighted by atomic mass is 10.00. The van der Waals surface area contributed by atoms with Crippen molar-refractivity contribution in [3.05, 3.63) is 60.0 Å². The highest BCUT2D eigenvalue weighted by atomic mass is 19.1. The van der Waals surface area contributed by atoms with Crippen LogP contribution in [0.1, 0.15) is 18.4 Å². The molecule has 0 aliphatic carbocycles. The second kappa shape index (κ2) is 8.02. The van der Waals surface area contributed by atoms with Gasteiger partial charge in [0.25, 0.3) is 5.91 Å². The van der Waals surface area contributed by atoms with E-state index in [2.05, 4.69) is 22.6 Å². The predicted octanol–water partition coefficient (Wildman–Crippen LogP) is 3.95. The van der Waals surface area contributed by atoms with E-state index in [0.29, 0.717) is 17.2 Å². The number of benzene rings is 2. The number of anilines is 2. The maximum Gasteiger partial charge on any atom is 0.257 e. The third-order valence-electron chi connectivity index (χ3n) is 5.22. The minimum atomic E-state index is -0.416. The molecule has 6 heteroatoms. The number of amides is 1. The molecule has 146 valence electrons. The molecule has 1 unspecified atom stereocenters. The summed E-state index contributed by atoms with van der Waals surface area (Å²) in [6.45, 7) is 2.96. The van der Waals surface area contributed by atoms with Crippen LogP contribution < -0.4 is 15.4 Å². The second-order valence-corrected chi connectivity index (χ2v) is 7.42. The maximum atomic E-state index is 14.1. The van der Waals surface area contributed by atoms with E-state index >= 15 is 0 Å². The lowest BCUT2D eigenvalue weighted by Gasteiger charge is -2.29. The van der Waals surface area contributed by atoms with E-state index in [9.17, 15) is 9.18 Å². The molecule has 0 spiro atoms. The number of piperidine rings is 1. The predicted molar refractivity (Wildman–Crippen MR) is 109 cm³/mol. The second-order valence-electron chi connectivity index (χ2n) is 7.42. The molecule has 2 aliphatic rings. The van der Waals surface area contributed by atoms with Crippen LogP contribution in [0.3, 0.4) is 0 Å². The monoisotopic (exact) mass is 381 g/mol. The summed E-state index contributed by atoms with van der Waals surface area (Å²) in [4.78, 5) is 14.5. The number of fused-ring (bicyclic) bond motifs is 1. The van der Waals surface area contributed by atoms with Crippen LogP contribution in [0, 0.1) is 11.7 Å². The Hall–Kier alpha value is -2.86. The first-order valence-electron chi connectivity index (χ1n) is 9.58. The van der Waals surface area contributed by atoms with Gasteiger partial charge in [-0.3, -0.25) is 4.79 Å². The van der Waals surface area contributed by atoms with Crippen LogP contribution >= 0.6 is 0 Å². The molecule has 2 aliphatic heterocycles. The van der Waals surface area contributed by atoms with Crippen molar-refractivity contribution in [1.29, 1.82) is 0 Å². The van der Waals surface area contributed by atoms with Crippen LogP contribution in [-0.4, -0.2) is 37.6 Å². The lowest BCUT2D eigenvalue weighted by molar-refractivity contribution is -0.110. The number of nitrogens with one attached hydrogen (secondary N) is 2. The number of halogens is 1. The number of carbonyl (C=O) groups excluding carboxylic acids is 1. The fraction of sp³-hybridized carbons (Fsp3) is 0.318. The number of hydrogen-bond donors (Lipinski definition) is 2. The third-order valence-corrected chi connectivity index (χ3v) is 5.22. The van der Waals surface area contributed by atoms with E-state index in [4.69, 9.17) is 4.74 Å². The molecular formula is C22H24FN3O2. The van der Waals surface area contributed by atoms with Crippen molar-refractivity contribution in [2.24, 2.45) is 5.92 Å². The Morgan fingerprint density at radius 2 is 2.11 bits per heavy atom. The summed E-state index contributed by atoms with van der Waals surface area (Å²) < 4.78 is 20.0. The molecule has 0 aromatic heterocycles. The van der Waals surface area contributed by atoms with Gasteiger partial charge in [-0.2, -0.15) is 0 Å². The summed E-state index contributed by atoms with van der Waals surface area (Å²) in [6.07, 6.45) is 3.97. The Bertz CT molecular complexity index is 895. The van der Waals surface area contributed by atoms with Crippen molar-refractivity contribution in [3.8, 4) is 5.75 Å². The molecule has 0 bridgehead atoms. The van der Waals surface area contributed by atoms with Crippen molar-refractivity contribution in [2.75, 3.05) is 37.4 Å². The van der Waals surface area contributed by atoms with Gasteiger partial charge in [-0.05, 0) is 62.8 Å². The molecule has 0 saturated carbocycles. The van der Waals surface area contributed by atoms with Crippen LogP contribution in [0.25, 0.3) is 5.57 Å². The van der Waals surface area contributed by atoms with E-state index in [1.165, 1.54) is 31.7 Å². The zero-order valence-electron chi connectivity index (χ0n) is 15.9. The molecule has 1 fully saturated rings. The van der Waals surface area contributed by atoms with Gasteiger partial charge in [-0.15, -0.1) is 0 Å². The normalized spacial score (nSPS) is 20.7. The number of rotatable bonds is 5. The molecule has 2 aromatic rings. The first-order valence-corrected chi connectivity index (χ1v) is 9.58. The van der Waals surface area contributed by atoms with Gasteiger partial charge in [0.2, 0.25) is 0 Å². The molecule has 2 N–H and O–H groups in total. The fourth-order valence-corrected chi connectivity index (χ4v) is 3.77. The quantitative estimate of drug-likeness (QED) is 0.770.